The molecule has 0 saturated carbocycles. The Morgan fingerprint density at radius 3 is 1.36 bits per heavy atom. The summed E-state index contributed by atoms with van der Waals surface area (Å²) in [5, 5.41) is 0. The zero-order valence-electron chi connectivity index (χ0n) is 15.3. The fraction of sp³-hybridized carbons (Fsp3) is 0.400. The van der Waals surface area contributed by atoms with E-state index in [4.69, 9.17) is 0 Å². The zero-order valence-corrected chi connectivity index (χ0v) is 15.3. The van der Waals surface area contributed by atoms with Crippen LogP contribution in [0.1, 0.15) is 73.6 Å². The first-order valence-corrected chi connectivity index (χ1v) is 10.0. The normalized spacial score (nSPS) is 16.6. The molecule has 0 atom stereocenters. The van der Waals surface area contributed by atoms with Gasteiger partial charge in [0.05, 0.1) is 0 Å². The second kappa shape index (κ2) is 10.1. The number of hydrogen-bond donors (Lipinski definition) is 0. The molecule has 0 spiro atoms. The lowest BCUT2D eigenvalue weighted by Crippen LogP contribution is -1.90. The van der Waals surface area contributed by atoms with Crippen LogP contribution < -0.4 is 0 Å². The van der Waals surface area contributed by atoms with Crippen molar-refractivity contribution in [2.45, 2.75) is 64.2 Å². The highest BCUT2D eigenvalue weighted by Crippen LogP contribution is 2.18. The predicted octanol–water partition coefficient (Wildman–Crippen LogP) is 7.23. The summed E-state index contributed by atoms with van der Waals surface area (Å²) >= 11 is 0. The molecule has 0 saturated heterocycles. The minimum absolute atomic E-state index is 1.19. The molecule has 1 aliphatic rings. The summed E-state index contributed by atoms with van der Waals surface area (Å²) in [5.74, 6) is 0. The van der Waals surface area contributed by atoms with E-state index in [0.29, 0.717) is 0 Å². The summed E-state index contributed by atoms with van der Waals surface area (Å²) in [4.78, 5) is 0. The van der Waals surface area contributed by atoms with Gasteiger partial charge in [0, 0.05) is 0 Å². The lowest BCUT2D eigenvalue weighted by molar-refractivity contribution is 0.567. The van der Waals surface area contributed by atoms with Crippen molar-refractivity contribution in [3.63, 3.8) is 0 Å². The summed E-state index contributed by atoms with van der Waals surface area (Å²) < 4.78 is 0. The van der Waals surface area contributed by atoms with Crippen LogP contribution in [0, 0.1) is 0 Å². The standard InChI is InChI=1S/C25H30/c1-2-4-6-8-15-23-17-10-12-19-25(23)21-13-20-24-18-11-9-16-22(24)14-7-5-3-1/h9-12,16-21H,1-8,14-15H2. The Balaban J connectivity index is 1.83. The van der Waals surface area contributed by atoms with Crippen molar-refractivity contribution >= 4 is 12.2 Å². The number of benzene rings is 2. The fourth-order valence-electron chi connectivity index (χ4n) is 3.72. The van der Waals surface area contributed by atoms with Crippen molar-refractivity contribution in [3.05, 3.63) is 76.5 Å². The first kappa shape index (κ1) is 17.8. The highest BCUT2D eigenvalue weighted by Gasteiger charge is 2.01. The van der Waals surface area contributed by atoms with Gasteiger partial charge in [-0.15, -0.1) is 5.73 Å². The molecule has 0 unspecified atom stereocenters. The molecule has 0 fully saturated rings. The van der Waals surface area contributed by atoms with Gasteiger partial charge in [-0.2, -0.15) is 0 Å². The second-order valence-corrected chi connectivity index (χ2v) is 7.18. The Hall–Kier alpha value is -2.04. The van der Waals surface area contributed by atoms with Gasteiger partial charge < -0.3 is 0 Å². The summed E-state index contributed by atoms with van der Waals surface area (Å²) in [7, 11) is 0. The molecule has 3 rings (SSSR count). The van der Waals surface area contributed by atoms with E-state index < -0.39 is 0 Å². The van der Waals surface area contributed by atoms with Crippen molar-refractivity contribution in [1.29, 1.82) is 0 Å². The molecule has 0 aromatic heterocycles. The molecule has 2 aromatic rings. The molecular formula is C25H30. The van der Waals surface area contributed by atoms with Gasteiger partial charge in [-0.3, -0.25) is 0 Å². The quantitative estimate of drug-likeness (QED) is 0.447. The van der Waals surface area contributed by atoms with Crippen molar-refractivity contribution in [1.82, 2.24) is 0 Å². The first-order valence-electron chi connectivity index (χ1n) is 10.0. The van der Waals surface area contributed by atoms with Gasteiger partial charge in [0.2, 0.25) is 0 Å². The maximum Gasteiger partial charge on any atom is -0.0124 e. The fourth-order valence-corrected chi connectivity index (χ4v) is 3.72. The van der Waals surface area contributed by atoms with Gasteiger partial charge >= 0.3 is 0 Å². The third kappa shape index (κ3) is 5.76. The van der Waals surface area contributed by atoms with Crippen molar-refractivity contribution in [2.75, 3.05) is 0 Å². The van der Waals surface area contributed by atoms with Crippen LogP contribution in [0.3, 0.4) is 0 Å². The average Bonchev–Trinajstić information content (AvgIpc) is 2.65. The smallest absolute Gasteiger partial charge is 0.0124 e. The summed E-state index contributed by atoms with van der Waals surface area (Å²) in [6, 6.07) is 17.6. The maximum absolute atomic E-state index is 3.44. The molecule has 2 aromatic carbocycles. The SMILES string of the molecule is C1=Cc2ccccc2CCCCCCCCCCc2ccccc2C=1. The van der Waals surface area contributed by atoms with Crippen LogP contribution in [-0.2, 0) is 12.8 Å². The van der Waals surface area contributed by atoms with Gasteiger partial charge in [-0.1, -0.05) is 87.1 Å². The lowest BCUT2D eigenvalue weighted by atomic mass is 10.00. The molecule has 0 radical (unpaired) electrons. The Kier molecular flexibility index (Phi) is 7.16. The monoisotopic (exact) mass is 330 g/mol. The van der Waals surface area contributed by atoms with Crippen molar-refractivity contribution in [3.8, 4) is 0 Å². The van der Waals surface area contributed by atoms with Crippen LogP contribution in [0.15, 0.2) is 54.3 Å². The molecule has 0 nitrogen and oxygen atoms in total. The van der Waals surface area contributed by atoms with Crippen LogP contribution in [0.4, 0.5) is 0 Å². The molecule has 1 aliphatic carbocycles. The molecular weight excluding hydrogens is 300 g/mol. The Morgan fingerprint density at radius 1 is 0.480 bits per heavy atom. The van der Waals surface area contributed by atoms with Gasteiger partial charge in [0.1, 0.15) is 0 Å². The topological polar surface area (TPSA) is 0 Å². The van der Waals surface area contributed by atoms with Crippen molar-refractivity contribution < 1.29 is 0 Å². The Bertz CT molecular complexity index is 657. The number of aryl methyl sites for hydroxylation is 2. The van der Waals surface area contributed by atoms with Crippen LogP contribution in [0.2, 0.25) is 0 Å². The molecule has 0 heteroatoms. The van der Waals surface area contributed by atoms with Crippen LogP contribution >= 0.6 is 0 Å². The summed E-state index contributed by atoms with van der Waals surface area (Å²) in [6.07, 6.45) is 17.6. The van der Waals surface area contributed by atoms with E-state index >= 15 is 0 Å². The molecule has 25 heavy (non-hydrogen) atoms. The largest absolute Gasteiger partial charge is 0.120 e. The van der Waals surface area contributed by atoms with E-state index in [1.165, 1.54) is 86.5 Å². The Labute approximate surface area is 153 Å². The molecule has 0 bridgehead atoms. The summed E-state index contributed by atoms with van der Waals surface area (Å²) in [5.41, 5.74) is 9.00. The van der Waals surface area contributed by atoms with E-state index in [-0.39, 0.29) is 0 Å². The van der Waals surface area contributed by atoms with E-state index in [1.54, 1.807) is 0 Å². The van der Waals surface area contributed by atoms with Gasteiger partial charge in [0.25, 0.3) is 0 Å². The van der Waals surface area contributed by atoms with Gasteiger partial charge in [-0.25, -0.2) is 0 Å². The third-order valence-corrected chi connectivity index (χ3v) is 5.23. The van der Waals surface area contributed by atoms with E-state index in [0.717, 1.165) is 0 Å². The minimum Gasteiger partial charge on any atom is -0.120 e. The van der Waals surface area contributed by atoms with E-state index in [1.807, 2.05) is 0 Å². The molecule has 0 aliphatic heterocycles. The third-order valence-electron chi connectivity index (χ3n) is 5.23. The van der Waals surface area contributed by atoms with E-state index in [9.17, 15) is 0 Å². The first-order chi connectivity index (χ1) is 12.4. The number of fused-ring (bicyclic) bond motifs is 2. The van der Waals surface area contributed by atoms with Crippen LogP contribution in [0.25, 0.3) is 12.2 Å². The number of rotatable bonds is 0. The maximum atomic E-state index is 3.44. The van der Waals surface area contributed by atoms with Gasteiger partial charge in [0.15, 0.2) is 0 Å². The highest BCUT2D eigenvalue weighted by molar-refractivity contribution is 5.61. The highest BCUT2D eigenvalue weighted by atomic mass is 14.1. The predicted molar refractivity (Wildman–Crippen MR) is 110 cm³/mol. The molecule has 0 N–H and O–H groups in total. The average molecular weight is 331 g/mol. The molecule has 130 valence electrons. The second-order valence-electron chi connectivity index (χ2n) is 7.18. The lowest BCUT2D eigenvalue weighted by Gasteiger charge is -2.06. The summed E-state index contributed by atoms with van der Waals surface area (Å²) in [6.45, 7) is 0. The molecule has 0 amide bonds. The van der Waals surface area contributed by atoms with Crippen LogP contribution in [-0.4, -0.2) is 0 Å². The number of hydrogen-bond acceptors (Lipinski definition) is 0. The minimum atomic E-state index is 1.19. The van der Waals surface area contributed by atoms with Crippen molar-refractivity contribution in [2.24, 2.45) is 0 Å². The Morgan fingerprint density at radius 2 is 0.880 bits per heavy atom. The van der Waals surface area contributed by atoms with Crippen LogP contribution in [0.5, 0.6) is 0 Å². The zero-order chi connectivity index (χ0) is 17.2. The van der Waals surface area contributed by atoms with E-state index in [2.05, 4.69) is 66.4 Å². The van der Waals surface area contributed by atoms with Gasteiger partial charge in [-0.05, 0) is 60.1 Å². The molecule has 0 heterocycles.